The molecule has 0 bridgehead atoms. The van der Waals surface area contributed by atoms with Gasteiger partial charge in [-0.2, -0.15) is 0 Å². The summed E-state index contributed by atoms with van der Waals surface area (Å²) in [4.78, 5) is 11.1. The van der Waals surface area contributed by atoms with E-state index in [1.54, 1.807) is 0 Å². The van der Waals surface area contributed by atoms with E-state index in [9.17, 15) is 9.90 Å². The summed E-state index contributed by atoms with van der Waals surface area (Å²) >= 11 is 0. The van der Waals surface area contributed by atoms with Crippen molar-refractivity contribution in [1.29, 1.82) is 0 Å². The van der Waals surface area contributed by atoms with E-state index < -0.39 is 12.2 Å². The predicted molar refractivity (Wildman–Crippen MR) is 51.2 cm³/mol. The molecule has 70 valence electrons. The van der Waals surface area contributed by atoms with Crippen molar-refractivity contribution in [3.8, 4) is 0 Å². The number of nitrogens with zero attached hydrogens (tertiary/aromatic N) is 1. The van der Waals surface area contributed by atoms with Crippen LogP contribution in [-0.2, 0) is 9.32 Å². The SMILES string of the molecule is CCC(O)C1[C@@H](OP)C(=O)N1P. The highest BCUT2D eigenvalue weighted by atomic mass is 31.0. The lowest BCUT2D eigenvalue weighted by Gasteiger charge is -2.45. The molecule has 5 atom stereocenters. The minimum absolute atomic E-state index is 0.104. The van der Waals surface area contributed by atoms with Crippen molar-refractivity contribution in [2.45, 2.75) is 31.6 Å². The van der Waals surface area contributed by atoms with Gasteiger partial charge in [0.05, 0.1) is 12.1 Å². The number of hydrogen-bond acceptors (Lipinski definition) is 3. The first-order valence-electron chi connectivity index (χ1n) is 3.74. The predicted octanol–water partition coefficient (Wildman–Crippen LogP) is -0.0665. The maximum atomic E-state index is 11.1. The molecule has 6 heteroatoms. The molecular weight excluding hydrogens is 196 g/mol. The third-order valence-electron chi connectivity index (χ3n) is 2.09. The van der Waals surface area contributed by atoms with Crippen LogP contribution in [0.4, 0.5) is 0 Å². The van der Waals surface area contributed by atoms with Crippen LogP contribution >= 0.6 is 18.9 Å². The molecule has 4 unspecified atom stereocenters. The fourth-order valence-corrected chi connectivity index (χ4v) is 2.05. The second-order valence-corrected chi connectivity index (χ2v) is 3.60. The van der Waals surface area contributed by atoms with E-state index in [0.717, 1.165) is 0 Å². The van der Waals surface area contributed by atoms with Gasteiger partial charge in [0, 0.05) is 9.47 Å². The van der Waals surface area contributed by atoms with Gasteiger partial charge in [0.1, 0.15) is 0 Å². The zero-order valence-electron chi connectivity index (χ0n) is 6.80. The summed E-state index contributed by atoms with van der Waals surface area (Å²) in [6, 6.07) is -0.218. The highest BCUT2D eigenvalue weighted by molar-refractivity contribution is 7.15. The summed E-state index contributed by atoms with van der Waals surface area (Å²) in [5.41, 5.74) is 0. The van der Waals surface area contributed by atoms with Crippen molar-refractivity contribution in [3.63, 3.8) is 0 Å². The number of aliphatic hydroxyl groups is 1. The van der Waals surface area contributed by atoms with Gasteiger partial charge < -0.3 is 14.3 Å². The van der Waals surface area contributed by atoms with E-state index in [2.05, 4.69) is 18.9 Å². The Bertz CT molecular complexity index is 190. The van der Waals surface area contributed by atoms with Crippen molar-refractivity contribution in [1.82, 2.24) is 4.67 Å². The number of amides is 1. The van der Waals surface area contributed by atoms with Gasteiger partial charge in [0.15, 0.2) is 6.10 Å². The van der Waals surface area contributed by atoms with E-state index in [-0.39, 0.29) is 11.9 Å². The zero-order chi connectivity index (χ0) is 9.30. The minimum atomic E-state index is -0.509. The van der Waals surface area contributed by atoms with Crippen molar-refractivity contribution >= 4 is 24.8 Å². The molecule has 1 fully saturated rings. The molecular formula is C6H13NO3P2. The first-order chi connectivity index (χ1) is 5.63. The maximum absolute atomic E-state index is 11.1. The van der Waals surface area contributed by atoms with Crippen molar-refractivity contribution in [2.24, 2.45) is 0 Å². The Morgan fingerprint density at radius 3 is 2.83 bits per heavy atom. The summed E-state index contributed by atoms with van der Waals surface area (Å²) in [6.45, 7) is 1.87. The fourth-order valence-electron chi connectivity index (χ4n) is 1.27. The first kappa shape index (κ1) is 10.3. The van der Waals surface area contributed by atoms with Crippen molar-refractivity contribution < 1.29 is 14.4 Å². The van der Waals surface area contributed by atoms with E-state index in [4.69, 9.17) is 4.52 Å². The summed E-state index contributed by atoms with van der Waals surface area (Å²) < 4.78 is 6.29. The minimum Gasteiger partial charge on any atom is -0.391 e. The van der Waals surface area contributed by atoms with Gasteiger partial charge >= 0.3 is 0 Å². The Balaban J connectivity index is 2.59. The smallest absolute Gasteiger partial charge is 0.257 e. The highest BCUT2D eigenvalue weighted by Gasteiger charge is 2.48. The van der Waals surface area contributed by atoms with Crippen molar-refractivity contribution in [3.05, 3.63) is 0 Å². The van der Waals surface area contributed by atoms with Crippen LogP contribution in [0.3, 0.4) is 0 Å². The van der Waals surface area contributed by atoms with Gasteiger partial charge in [-0.05, 0) is 15.8 Å². The Labute approximate surface area is 76.2 Å². The van der Waals surface area contributed by atoms with Crippen LogP contribution in [0.1, 0.15) is 13.3 Å². The second kappa shape index (κ2) is 3.97. The van der Waals surface area contributed by atoms with Crippen molar-refractivity contribution in [2.75, 3.05) is 0 Å². The highest BCUT2D eigenvalue weighted by Crippen LogP contribution is 2.31. The summed E-state index contributed by atoms with van der Waals surface area (Å²) in [5, 5.41) is 9.47. The van der Waals surface area contributed by atoms with Crippen LogP contribution in [0.25, 0.3) is 0 Å². The van der Waals surface area contributed by atoms with Gasteiger partial charge in [-0.1, -0.05) is 6.92 Å². The Morgan fingerprint density at radius 1 is 1.83 bits per heavy atom. The maximum Gasteiger partial charge on any atom is 0.257 e. The Hall–Kier alpha value is 0.250. The first-order valence-corrected chi connectivity index (χ1v) is 4.73. The van der Waals surface area contributed by atoms with Crippen LogP contribution in [0.15, 0.2) is 0 Å². The number of rotatable bonds is 3. The van der Waals surface area contributed by atoms with Crippen LogP contribution in [0.2, 0.25) is 0 Å². The molecule has 1 saturated heterocycles. The molecule has 0 aromatic rings. The zero-order valence-corrected chi connectivity index (χ0v) is 9.11. The van der Waals surface area contributed by atoms with E-state index in [1.807, 2.05) is 6.92 Å². The lowest BCUT2D eigenvalue weighted by molar-refractivity contribution is -0.157. The molecule has 4 nitrogen and oxygen atoms in total. The molecule has 0 aromatic heterocycles. The molecule has 0 spiro atoms. The Morgan fingerprint density at radius 2 is 2.42 bits per heavy atom. The Kier molecular flexibility index (Phi) is 3.42. The molecule has 0 aliphatic carbocycles. The van der Waals surface area contributed by atoms with Crippen LogP contribution in [0, 0.1) is 0 Å². The van der Waals surface area contributed by atoms with Crippen LogP contribution in [0.5, 0.6) is 0 Å². The topological polar surface area (TPSA) is 49.8 Å². The second-order valence-electron chi connectivity index (χ2n) is 2.77. The molecule has 12 heavy (non-hydrogen) atoms. The average Bonchev–Trinajstić information content (AvgIpc) is 2.11. The quantitative estimate of drug-likeness (QED) is 0.523. The molecule has 1 aliphatic heterocycles. The summed E-state index contributed by atoms with van der Waals surface area (Å²) in [5.74, 6) is -0.104. The standard InChI is InChI=1S/C6H13NO3P2/c1-2-3(8)4-5(10-12)6(9)7(4)11/h3-5,8H,2,11-12H2,1H3/t3?,4?,5-/m1/s1. The molecule has 0 aromatic carbocycles. The van der Waals surface area contributed by atoms with Gasteiger partial charge in [-0.15, -0.1) is 0 Å². The van der Waals surface area contributed by atoms with Gasteiger partial charge in [-0.25, -0.2) is 0 Å². The average molecular weight is 209 g/mol. The van der Waals surface area contributed by atoms with Crippen LogP contribution in [-0.4, -0.2) is 33.9 Å². The summed E-state index contributed by atoms with van der Waals surface area (Å²) in [7, 11) is 4.34. The van der Waals surface area contributed by atoms with E-state index in [0.29, 0.717) is 6.42 Å². The monoisotopic (exact) mass is 209 g/mol. The van der Waals surface area contributed by atoms with E-state index >= 15 is 0 Å². The van der Waals surface area contributed by atoms with Gasteiger partial charge in [0.25, 0.3) is 5.91 Å². The number of β-lactam (4-membered cyclic amide) rings is 1. The molecule has 1 amide bonds. The molecule has 1 rings (SSSR count). The largest absolute Gasteiger partial charge is 0.391 e. The number of carbonyl (C=O) groups excluding carboxylic acids is 1. The number of hydrogen-bond donors (Lipinski definition) is 1. The van der Waals surface area contributed by atoms with Crippen LogP contribution < -0.4 is 0 Å². The lowest BCUT2D eigenvalue weighted by atomic mass is 9.95. The third-order valence-corrected chi connectivity index (χ3v) is 2.98. The normalized spacial score (nSPS) is 31.7. The molecule has 0 radical (unpaired) electrons. The fraction of sp³-hybridized carbons (Fsp3) is 0.833. The molecule has 1 N–H and O–H groups in total. The number of aliphatic hydroxyl groups excluding tert-OH is 1. The molecule has 1 heterocycles. The lowest BCUT2D eigenvalue weighted by Crippen LogP contribution is -2.64. The number of carbonyl (C=O) groups is 1. The van der Waals surface area contributed by atoms with Gasteiger partial charge in [0.2, 0.25) is 0 Å². The van der Waals surface area contributed by atoms with E-state index in [1.165, 1.54) is 4.67 Å². The molecule has 1 aliphatic rings. The summed E-state index contributed by atoms with van der Waals surface area (Å²) in [6.07, 6.45) is -0.388. The van der Waals surface area contributed by atoms with Gasteiger partial charge in [-0.3, -0.25) is 4.79 Å². The third kappa shape index (κ3) is 1.49. The molecule has 0 saturated carbocycles.